The van der Waals surface area contributed by atoms with Gasteiger partial charge in [-0.25, -0.2) is 0 Å². The molecule has 2 nitrogen and oxygen atoms in total. The zero-order chi connectivity index (χ0) is 12.3. The molecule has 0 unspecified atom stereocenters. The lowest BCUT2D eigenvalue weighted by Crippen LogP contribution is -2.43. The maximum atomic E-state index is 9.04. The molecule has 1 heterocycles. The van der Waals surface area contributed by atoms with Gasteiger partial charge >= 0.3 is 0 Å². The van der Waals surface area contributed by atoms with Crippen molar-refractivity contribution < 1.29 is 5.11 Å². The van der Waals surface area contributed by atoms with Gasteiger partial charge in [-0.15, -0.1) is 0 Å². The topological polar surface area (TPSA) is 23.5 Å². The van der Waals surface area contributed by atoms with Crippen LogP contribution in [0.1, 0.15) is 32.3 Å². The summed E-state index contributed by atoms with van der Waals surface area (Å²) in [5.74, 6) is 0.669. The van der Waals surface area contributed by atoms with Gasteiger partial charge in [0.2, 0.25) is 0 Å². The van der Waals surface area contributed by atoms with Crippen molar-refractivity contribution in [1.29, 1.82) is 0 Å². The highest BCUT2D eigenvalue weighted by Crippen LogP contribution is 2.33. The number of rotatable bonds is 4. The first kappa shape index (κ1) is 12.4. The summed E-state index contributed by atoms with van der Waals surface area (Å²) in [6, 6.07) is 9.32. The summed E-state index contributed by atoms with van der Waals surface area (Å²) < 4.78 is 0. The van der Waals surface area contributed by atoms with Crippen LogP contribution in [0.5, 0.6) is 0 Å². The Bertz CT molecular complexity index is 362. The lowest BCUT2D eigenvalue weighted by Gasteiger charge is -2.41. The van der Waals surface area contributed by atoms with E-state index in [-0.39, 0.29) is 6.61 Å². The molecule has 0 bridgehead atoms. The minimum Gasteiger partial charge on any atom is -0.396 e. The van der Waals surface area contributed by atoms with Crippen LogP contribution >= 0.6 is 0 Å². The number of fused-ring (bicyclic) bond motifs is 1. The van der Waals surface area contributed by atoms with E-state index >= 15 is 0 Å². The van der Waals surface area contributed by atoms with Crippen LogP contribution in [-0.4, -0.2) is 24.3 Å². The fraction of sp³-hybridized carbons (Fsp3) is 0.600. The summed E-state index contributed by atoms with van der Waals surface area (Å²) in [7, 11) is 0. The number of hydrogen-bond donors (Lipinski definition) is 1. The molecule has 2 heteroatoms. The molecule has 1 atom stereocenters. The van der Waals surface area contributed by atoms with Crippen LogP contribution < -0.4 is 4.90 Å². The van der Waals surface area contributed by atoms with Crippen molar-refractivity contribution in [2.75, 3.05) is 18.1 Å². The summed E-state index contributed by atoms with van der Waals surface area (Å²) in [6.45, 7) is 5.84. The molecule has 0 aromatic heterocycles. The highest BCUT2D eigenvalue weighted by atomic mass is 16.3. The third-order valence-electron chi connectivity index (χ3n) is 3.74. The maximum absolute atomic E-state index is 9.04. The Morgan fingerprint density at radius 3 is 2.82 bits per heavy atom. The van der Waals surface area contributed by atoms with E-state index in [1.165, 1.54) is 24.1 Å². The number of aliphatic hydroxyl groups is 1. The molecule has 1 N–H and O–H groups in total. The third-order valence-corrected chi connectivity index (χ3v) is 3.74. The standard InChI is InChI=1S/C15H23NO/c1-12(2)14-9-8-13-6-3-4-7-15(13)16(14)10-5-11-17/h3-4,6-7,12,14,17H,5,8-11H2,1-2H3/t14-/m1/s1. The molecule has 1 aromatic carbocycles. The van der Waals surface area contributed by atoms with Crippen LogP contribution in [0.25, 0.3) is 0 Å². The molecule has 1 aromatic rings. The zero-order valence-electron chi connectivity index (χ0n) is 10.9. The highest BCUT2D eigenvalue weighted by Gasteiger charge is 2.27. The fourth-order valence-corrected chi connectivity index (χ4v) is 2.86. The Morgan fingerprint density at radius 2 is 2.12 bits per heavy atom. The molecule has 0 fully saturated rings. The van der Waals surface area contributed by atoms with Crippen LogP contribution in [0, 0.1) is 5.92 Å². The Labute approximate surface area is 104 Å². The van der Waals surface area contributed by atoms with E-state index in [0.717, 1.165) is 13.0 Å². The smallest absolute Gasteiger partial charge is 0.0447 e. The second-order valence-electron chi connectivity index (χ2n) is 5.25. The molecule has 94 valence electrons. The molecule has 0 aliphatic carbocycles. The Hall–Kier alpha value is -1.02. The number of aryl methyl sites for hydroxylation is 1. The number of benzene rings is 1. The SMILES string of the molecule is CC(C)[C@H]1CCc2ccccc2N1CCCO. The zero-order valence-corrected chi connectivity index (χ0v) is 10.9. The van der Waals surface area contributed by atoms with Crippen LogP contribution in [0.15, 0.2) is 24.3 Å². The van der Waals surface area contributed by atoms with Crippen molar-refractivity contribution in [3.05, 3.63) is 29.8 Å². The molecular weight excluding hydrogens is 210 g/mol. The Balaban J connectivity index is 2.25. The van der Waals surface area contributed by atoms with Gasteiger partial charge in [-0.1, -0.05) is 32.0 Å². The first-order valence-corrected chi connectivity index (χ1v) is 6.69. The van der Waals surface area contributed by atoms with Gasteiger partial charge in [0.25, 0.3) is 0 Å². The normalized spacial score (nSPS) is 19.5. The van der Waals surface area contributed by atoms with Gasteiger partial charge in [0, 0.05) is 24.9 Å². The lowest BCUT2D eigenvalue weighted by molar-refractivity contribution is 0.284. The van der Waals surface area contributed by atoms with E-state index in [4.69, 9.17) is 5.11 Å². The van der Waals surface area contributed by atoms with Gasteiger partial charge in [-0.2, -0.15) is 0 Å². The van der Waals surface area contributed by atoms with Gasteiger partial charge in [-0.05, 0) is 36.8 Å². The maximum Gasteiger partial charge on any atom is 0.0447 e. The summed E-state index contributed by atoms with van der Waals surface area (Å²) in [4.78, 5) is 2.50. The first-order valence-electron chi connectivity index (χ1n) is 6.69. The Morgan fingerprint density at radius 1 is 1.35 bits per heavy atom. The minimum absolute atomic E-state index is 0.281. The van der Waals surface area contributed by atoms with Crippen molar-refractivity contribution in [2.24, 2.45) is 5.92 Å². The van der Waals surface area contributed by atoms with Crippen molar-refractivity contribution in [3.8, 4) is 0 Å². The van der Waals surface area contributed by atoms with Crippen molar-refractivity contribution in [2.45, 2.75) is 39.2 Å². The first-order chi connectivity index (χ1) is 8.24. The van der Waals surface area contributed by atoms with E-state index in [1.807, 2.05) is 0 Å². The van der Waals surface area contributed by atoms with Gasteiger partial charge < -0.3 is 10.0 Å². The number of hydrogen-bond acceptors (Lipinski definition) is 2. The van der Waals surface area contributed by atoms with Crippen molar-refractivity contribution >= 4 is 5.69 Å². The molecule has 17 heavy (non-hydrogen) atoms. The predicted molar refractivity (Wildman–Crippen MR) is 72.4 cm³/mol. The van der Waals surface area contributed by atoms with E-state index < -0.39 is 0 Å². The van der Waals surface area contributed by atoms with Crippen LogP contribution in [0.3, 0.4) is 0 Å². The molecule has 1 aliphatic heterocycles. The van der Waals surface area contributed by atoms with E-state index in [9.17, 15) is 0 Å². The molecule has 2 rings (SSSR count). The Kier molecular flexibility index (Phi) is 4.06. The van der Waals surface area contributed by atoms with E-state index in [1.54, 1.807) is 0 Å². The van der Waals surface area contributed by atoms with Crippen LogP contribution in [0.2, 0.25) is 0 Å². The number of nitrogens with zero attached hydrogens (tertiary/aromatic N) is 1. The fourth-order valence-electron chi connectivity index (χ4n) is 2.86. The van der Waals surface area contributed by atoms with Gasteiger partial charge in [0.05, 0.1) is 0 Å². The number of anilines is 1. The average Bonchev–Trinajstić information content (AvgIpc) is 2.35. The van der Waals surface area contributed by atoms with Crippen LogP contribution in [-0.2, 0) is 6.42 Å². The monoisotopic (exact) mass is 233 g/mol. The largest absolute Gasteiger partial charge is 0.396 e. The van der Waals surface area contributed by atoms with Gasteiger partial charge in [0.15, 0.2) is 0 Å². The van der Waals surface area contributed by atoms with Crippen molar-refractivity contribution in [1.82, 2.24) is 0 Å². The summed E-state index contributed by atoms with van der Waals surface area (Å²) in [5.41, 5.74) is 2.84. The molecule has 0 saturated heterocycles. The molecule has 0 radical (unpaired) electrons. The number of para-hydroxylation sites is 1. The molecular formula is C15H23NO. The predicted octanol–water partition coefficient (Wildman–Crippen LogP) is 2.85. The second kappa shape index (κ2) is 5.54. The van der Waals surface area contributed by atoms with Crippen molar-refractivity contribution in [3.63, 3.8) is 0 Å². The van der Waals surface area contributed by atoms with Gasteiger partial charge in [-0.3, -0.25) is 0 Å². The van der Waals surface area contributed by atoms with E-state index in [2.05, 4.69) is 43.0 Å². The third kappa shape index (κ3) is 2.63. The summed E-state index contributed by atoms with van der Waals surface area (Å²) >= 11 is 0. The second-order valence-corrected chi connectivity index (χ2v) is 5.25. The lowest BCUT2D eigenvalue weighted by atomic mass is 9.89. The average molecular weight is 233 g/mol. The summed E-state index contributed by atoms with van der Waals surface area (Å²) in [6.07, 6.45) is 3.28. The quantitative estimate of drug-likeness (QED) is 0.864. The molecule has 0 amide bonds. The van der Waals surface area contributed by atoms with Gasteiger partial charge in [0.1, 0.15) is 0 Å². The summed E-state index contributed by atoms with van der Waals surface area (Å²) in [5, 5.41) is 9.04. The molecule has 0 spiro atoms. The minimum atomic E-state index is 0.281. The van der Waals surface area contributed by atoms with E-state index in [0.29, 0.717) is 12.0 Å². The van der Waals surface area contributed by atoms with Crippen LogP contribution in [0.4, 0.5) is 5.69 Å². The molecule has 1 aliphatic rings. The number of aliphatic hydroxyl groups excluding tert-OH is 1. The molecule has 0 saturated carbocycles. The highest BCUT2D eigenvalue weighted by molar-refractivity contribution is 5.56.